The van der Waals surface area contributed by atoms with E-state index < -0.39 is 5.63 Å². The molecule has 0 spiro atoms. The molecular weight excluding hydrogens is 380 g/mol. The Morgan fingerprint density at radius 2 is 2.00 bits per heavy atom. The Kier molecular flexibility index (Phi) is 5.36. The number of hydrogen-bond acceptors (Lipinski definition) is 5. The van der Waals surface area contributed by atoms with Crippen LogP contribution in [0.15, 0.2) is 63.9 Å². The second-order valence-corrected chi connectivity index (χ2v) is 6.98. The Balaban J connectivity index is 1.58. The predicted octanol–water partition coefficient (Wildman–Crippen LogP) is 4.49. The largest absolute Gasteiger partial charge is 0.485 e. The maximum atomic E-state index is 12.9. The molecule has 6 heteroatoms. The molecule has 0 radical (unpaired) electrons. The highest BCUT2D eigenvalue weighted by Crippen LogP contribution is 2.25. The summed E-state index contributed by atoms with van der Waals surface area (Å²) in [4.78, 5) is 24.6. The topological polar surface area (TPSA) is 85.2 Å². The average molecular weight is 400 g/mol. The molecule has 2 aromatic carbocycles. The van der Waals surface area contributed by atoms with Crippen LogP contribution in [0.4, 0.5) is 0 Å². The highest BCUT2D eigenvalue weighted by molar-refractivity contribution is 6.08. The molecule has 0 N–H and O–H groups in total. The number of fused-ring (bicyclic) bond motifs is 2. The average Bonchev–Trinajstić information content (AvgIpc) is 3.14. The number of carbonyl (C=O) groups is 1. The third-order valence-electron chi connectivity index (χ3n) is 5.11. The van der Waals surface area contributed by atoms with Gasteiger partial charge in [-0.15, -0.1) is 0 Å². The number of nitriles is 1. The number of rotatable bonds is 7. The molecule has 0 atom stereocenters. The molecule has 0 saturated heterocycles. The van der Waals surface area contributed by atoms with Gasteiger partial charge in [0.05, 0.1) is 12.5 Å². The monoisotopic (exact) mass is 400 g/mol. The summed E-state index contributed by atoms with van der Waals surface area (Å²) in [5.74, 6) is 0.297. The molecule has 4 rings (SSSR count). The van der Waals surface area contributed by atoms with Crippen molar-refractivity contribution in [2.45, 2.75) is 26.3 Å². The Morgan fingerprint density at radius 3 is 2.80 bits per heavy atom. The van der Waals surface area contributed by atoms with Crippen LogP contribution in [0, 0.1) is 11.3 Å². The highest BCUT2D eigenvalue weighted by Gasteiger charge is 2.16. The summed E-state index contributed by atoms with van der Waals surface area (Å²) in [6.45, 7) is 2.36. The first-order chi connectivity index (χ1) is 14.6. The number of nitrogens with zero attached hydrogens (tertiary/aromatic N) is 2. The summed E-state index contributed by atoms with van der Waals surface area (Å²) in [5.41, 5.74) is 2.42. The summed E-state index contributed by atoms with van der Waals surface area (Å²) in [7, 11) is 0. The van der Waals surface area contributed by atoms with Gasteiger partial charge in [-0.25, -0.2) is 4.79 Å². The van der Waals surface area contributed by atoms with Gasteiger partial charge in [-0.1, -0.05) is 25.1 Å². The predicted molar refractivity (Wildman–Crippen MR) is 114 cm³/mol. The lowest BCUT2D eigenvalue weighted by Crippen LogP contribution is -2.11. The lowest BCUT2D eigenvalue weighted by molar-refractivity contribution is 0.0923. The minimum absolute atomic E-state index is 0.143. The second-order valence-electron chi connectivity index (χ2n) is 6.98. The zero-order valence-electron chi connectivity index (χ0n) is 16.6. The molecular formula is C24H20N2O4. The van der Waals surface area contributed by atoms with E-state index in [1.54, 1.807) is 18.3 Å². The first kappa shape index (κ1) is 19.5. The van der Waals surface area contributed by atoms with Crippen molar-refractivity contribution >= 4 is 27.7 Å². The molecule has 6 nitrogen and oxygen atoms in total. The maximum Gasteiger partial charge on any atom is 0.336 e. The van der Waals surface area contributed by atoms with Crippen LogP contribution in [-0.2, 0) is 13.0 Å². The van der Waals surface area contributed by atoms with Gasteiger partial charge in [-0.05, 0) is 30.2 Å². The summed E-state index contributed by atoms with van der Waals surface area (Å²) in [5, 5.41) is 10.6. The first-order valence-electron chi connectivity index (χ1n) is 9.78. The van der Waals surface area contributed by atoms with Gasteiger partial charge < -0.3 is 13.7 Å². The molecule has 2 heterocycles. The van der Waals surface area contributed by atoms with Gasteiger partial charge in [0.15, 0.2) is 6.61 Å². The fraction of sp³-hybridized carbons (Fsp3) is 0.208. The molecule has 30 heavy (non-hydrogen) atoms. The summed E-state index contributed by atoms with van der Waals surface area (Å²) < 4.78 is 12.9. The first-order valence-corrected chi connectivity index (χ1v) is 9.78. The number of benzene rings is 2. The van der Waals surface area contributed by atoms with E-state index >= 15 is 0 Å². The lowest BCUT2D eigenvalue weighted by atomic mass is 10.1. The highest BCUT2D eigenvalue weighted by atomic mass is 16.5. The molecule has 4 aromatic rings. The van der Waals surface area contributed by atoms with Gasteiger partial charge in [0.2, 0.25) is 5.78 Å². The number of para-hydroxylation sites is 1. The Labute approximate surface area is 172 Å². The summed E-state index contributed by atoms with van der Waals surface area (Å²) >= 11 is 0. The van der Waals surface area contributed by atoms with E-state index in [4.69, 9.17) is 14.4 Å². The molecule has 0 saturated carbocycles. The van der Waals surface area contributed by atoms with E-state index in [1.807, 2.05) is 41.8 Å². The molecule has 0 aliphatic carbocycles. The van der Waals surface area contributed by atoms with Crippen molar-refractivity contribution in [2.75, 3.05) is 6.61 Å². The molecule has 0 bridgehead atoms. The van der Waals surface area contributed by atoms with Crippen molar-refractivity contribution < 1.29 is 13.9 Å². The number of aryl methyl sites for hydroxylation is 2. The molecule has 0 unspecified atom stereocenters. The van der Waals surface area contributed by atoms with Crippen LogP contribution in [0.5, 0.6) is 5.75 Å². The number of carbonyl (C=O) groups excluding carboxylic acids is 1. The van der Waals surface area contributed by atoms with Gasteiger partial charge in [-0.3, -0.25) is 4.79 Å². The maximum absolute atomic E-state index is 12.9. The van der Waals surface area contributed by atoms with Crippen molar-refractivity contribution in [1.82, 2.24) is 4.57 Å². The lowest BCUT2D eigenvalue weighted by Gasteiger charge is -2.07. The summed E-state index contributed by atoms with van der Waals surface area (Å²) in [6.07, 6.45) is 2.86. The molecule has 150 valence electrons. The van der Waals surface area contributed by atoms with Crippen molar-refractivity contribution in [3.05, 3.63) is 76.3 Å². The van der Waals surface area contributed by atoms with Gasteiger partial charge in [-0.2, -0.15) is 5.26 Å². The van der Waals surface area contributed by atoms with Crippen LogP contribution < -0.4 is 10.4 Å². The van der Waals surface area contributed by atoms with Crippen molar-refractivity contribution in [2.24, 2.45) is 0 Å². The van der Waals surface area contributed by atoms with E-state index in [2.05, 4.69) is 6.07 Å². The zero-order chi connectivity index (χ0) is 21.1. The molecule has 0 aliphatic heterocycles. The van der Waals surface area contributed by atoms with Gasteiger partial charge in [0, 0.05) is 46.7 Å². The minimum atomic E-state index is -0.405. The van der Waals surface area contributed by atoms with E-state index in [0.717, 1.165) is 28.3 Å². The van der Waals surface area contributed by atoms with E-state index in [1.165, 1.54) is 6.07 Å². The number of ketones is 1. The van der Waals surface area contributed by atoms with Crippen LogP contribution >= 0.6 is 0 Å². The fourth-order valence-corrected chi connectivity index (χ4v) is 3.64. The Morgan fingerprint density at radius 1 is 1.17 bits per heavy atom. The van der Waals surface area contributed by atoms with Gasteiger partial charge in [0.1, 0.15) is 11.3 Å². The van der Waals surface area contributed by atoms with E-state index in [-0.39, 0.29) is 12.4 Å². The number of aromatic nitrogens is 1. The molecule has 0 fully saturated rings. The van der Waals surface area contributed by atoms with Gasteiger partial charge in [0.25, 0.3) is 0 Å². The van der Waals surface area contributed by atoms with Crippen LogP contribution in [0.1, 0.15) is 29.3 Å². The van der Waals surface area contributed by atoms with Crippen LogP contribution in [0.3, 0.4) is 0 Å². The number of ether oxygens (including phenoxy) is 1. The smallest absolute Gasteiger partial charge is 0.336 e. The zero-order valence-corrected chi connectivity index (χ0v) is 16.6. The van der Waals surface area contributed by atoms with E-state index in [0.29, 0.717) is 29.9 Å². The molecule has 0 aliphatic rings. The second kappa shape index (κ2) is 8.26. The molecule has 0 amide bonds. The van der Waals surface area contributed by atoms with E-state index in [9.17, 15) is 9.59 Å². The van der Waals surface area contributed by atoms with Crippen molar-refractivity contribution in [1.29, 1.82) is 5.26 Å². The minimum Gasteiger partial charge on any atom is -0.485 e. The third kappa shape index (κ3) is 3.70. The fourth-order valence-electron chi connectivity index (χ4n) is 3.64. The third-order valence-corrected chi connectivity index (χ3v) is 5.11. The van der Waals surface area contributed by atoms with Crippen molar-refractivity contribution in [3.8, 4) is 11.8 Å². The van der Waals surface area contributed by atoms with Crippen LogP contribution in [-0.4, -0.2) is 17.0 Å². The quantitative estimate of drug-likeness (QED) is 0.337. The van der Waals surface area contributed by atoms with Crippen LogP contribution in [0.2, 0.25) is 0 Å². The number of hydrogen-bond donors (Lipinski definition) is 0. The Hall–Kier alpha value is -3.85. The standard InChI is InChI=1S/C24H20N2O4/c1-2-16-12-24(28)30-23-13-17(8-9-18(16)23)29-15-22(27)20-14-26(11-5-10-25)21-7-4-3-6-19(20)21/h3-4,6-9,12-14H,2,5,11,15H2,1H3. The van der Waals surface area contributed by atoms with Gasteiger partial charge >= 0.3 is 5.63 Å². The number of Topliss-reactive ketones (excluding diaryl/α,β-unsaturated/α-hetero) is 1. The molecule has 2 aromatic heterocycles. The normalized spacial score (nSPS) is 10.9. The summed E-state index contributed by atoms with van der Waals surface area (Å²) in [6, 6.07) is 16.5. The van der Waals surface area contributed by atoms with Crippen molar-refractivity contribution in [3.63, 3.8) is 0 Å². The SMILES string of the molecule is CCc1cc(=O)oc2cc(OCC(=O)c3cn(CCC#N)c4ccccc34)ccc12. The van der Waals surface area contributed by atoms with Crippen LogP contribution in [0.25, 0.3) is 21.9 Å². The Bertz CT molecular complexity index is 1340.